The monoisotopic (exact) mass is 807 g/mol. The van der Waals surface area contributed by atoms with E-state index in [1.54, 1.807) is 0 Å². The van der Waals surface area contributed by atoms with Gasteiger partial charge in [-0.15, -0.1) is 0 Å². The van der Waals surface area contributed by atoms with E-state index in [4.69, 9.17) is 14.2 Å². The molecule has 0 rings (SSSR count). The third-order valence-electron chi connectivity index (χ3n) is 12.1. The van der Waals surface area contributed by atoms with Gasteiger partial charge in [0.2, 0.25) is 0 Å². The number of hydrogen-bond acceptors (Lipinski definition) is 6. The predicted octanol–water partition coefficient (Wildman–Crippen LogP) is 16.0. The number of rotatable bonds is 44. The van der Waals surface area contributed by atoms with Crippen molar-refractivity contribution in [1.29, 1.82) is 0 Å². The number of ether oxygens (including phenoxy) is 3. The summed E-state index contributed by atoms with van der Waals surface area (Å²) < 4.78 is 16.8. The van der Waals surface area contributed by atoms with Crippen molar-refractivity contribution in [2.75, 3.05) is 13.2 Å². The minimum Gasteiger partial charge on any atom is -0.462 e. The highest BCUT2D eigenvalue weighted by molar-refractivity contribution is 5.71. The van der Waals surface area contributed by atoms with Gasteiger partial charge in [-0.1, -0.05) is 234 Å². The van der Waals surface area contributed by atoms with E-state index in [1.807, 2.05) is 0 Å². The Hall–Kier alpha value is -1.59. The van der Waals surface area contributed by atoms with Crippen LogP contribution < -0.4 is 0 Å². The standard InChI is InChI=1S/C51H98O6/c1-7-46(5)38-32-26-20-15-13-11-9-10-12-14-16-22-30-36-42-51(54)57-48(44-56-50(53)41-35-29-24-23-27-33-39-47(6)8-2)43-55-49(52)40-34-28-21-18-17-19-25-31-37-45(3)4/h45-48H,7-44H2,1-6H3/t46?,47?,48-/m1/s1. The molecule has 338 valence electrons. The molecule has 0 aliphatic heterocycles. The summed E-state index contributed by atoms with van der Waals surface area (Å²) in [4.78, 5) is 37.8. The Bertz CT molecular complexity index is 887. The number of hydrogen-bond donors (Lipinski definition) is 0. The van der Waals surface area contributed by atoms with Crippen molar-refractivity contribution in [3.63, 3.8) is 0 Å². The zero-order chi connectivity index (χ0) is 42.0. The smallest absolute Gasteiger partial charge is 0.306 e. The van der Waals surface area contributed by atoms with E-state index in [0.717, 1.165) is 75.5 Å². The zero-order valence-corrected chi connectivity index (χ0v) is 39.1. The van der Waals surface area contributed by atoms with E-state index in [2.05, 4.69) is 41.5 Å². The van der Waals surface area contributed by atoms with Crippen molar-refractivity contribution in [2.45, 2.75) is 279 Å². The molecule has 0 aromatic rings. The van der Waals surface area contributed by atoms with Crippen LogP contribution in [0.5, 0.6) is 0 Å². The molecule has 6 nitrogen and oxygen atoms in total. The first-order valence-electron chi connectivity index (χ1n) is 25.2. The summed E-state index contributed by atoms with van der Waals surface area (Å²) in [5.74, 6) is 1.65. The van der Waals surface area contributed by atoms with Gasteiger partial charge >= 0.3 is 17.9 Å². The highest BCUT2D eigenvalue weighted by atomic mass is 16.6. The van der Waals surface area contributed by atoms with Crippen LogP contribution in [0.3, 0.4) is 0 Å². The van der Waals surface area contributed by atoms with Crippen LogP contribution in [-0.4, -0.2) is 37.2 Å². The Morgan fingerprint density at radius 1 is 0.351 bits per heavy atom. The normalized spacial score (nSPS) is 13.1. The maximum atomic E-state index is 12.8. The lowest BCUT2D eigenvalue weighted by molar-refractivity contribution is -0.167. The van der Waals surface area contributed by atoms with Crippen LogP contribution in [0.15, 0.2) is 0 Å². The fraction of sp³-hybridized carbons (Fsp3) is 0.941. The quantitative estimate of drug-likeness (QED) is 0.0347. The SMILES string of the molecule is CCC(C)CCCCCCCCCCCCCCCCC(=O)O[C@H](COC(=O)CCCCCCCCCCC(C)C)COC(=O)CCCCCCCCC(C)CC. The van der Waals surface area contributed by atoms with Crippen molar-refractivity contribution in [1.82, 2.24) is 0 Å². The van der Waals surface area contributed by atoms with Gasteiger partial charge in [-0.05, 0) is 37.0 Å². The summed E-state index contributed by atoms with van der Waals surface area (Å²) in [5, 5.41) is 0. The van der Waals surface area contributed by atoms with Crippen molar-refractivity contribution in [3.05, 3.63) is 0 Å². The topological polar surface area (TPSA) is 78.9 Å². The molecular formula is C51H98O6. The van der Waals surface area contributed by atoms with Crippen molar-refractivity contribution in [2.24, 2.45) is 17.8 Å². The van der Waals surface area contributed by atoms with Gasteiger partial charge in [0.05, 0.1) is 0 Å². The molecule has 0 spiro atoms. The zero-order valence-electron chi connectivity index (χ0n) is 39.1. The third-order valence-corrected chi connectivity index (χ3v) is 12.1. The van der Waals surface area contributed by atoms with Gasteiger partial charge in [-0.2, -0.15) is 0 Å². The summed E-state index contributed by atoms with van der Waals surface area (Å²) in [6, 6.07) is 0. The lowest BCUT2D eigenvalue weighted by atomic mass is 9.99. The minimum absolute atomic E-state index is 0.0662. The number of carbonyl (C=O) groups excluding carboxylic acids is 3. The highest BCUT2D eigenvalue weighted by Crippen LogP contribution is 2.18. The van der Waals surface area contributed by atoms with Crippen LogP contribution in [0, 0.1) is 17.8 Å². The molecule has 0 aliphatic rings. The second-order valence-electron chi connectivity index (χ2n) is 18.4. The van der Waals surface area contributed by atoms with E-state index in [0.29, 0.717) is 19.3 Å². The van der Waals surface area contributed by atoms with Gasteiger partial charge in [0.15, 0.2) is 6.10 Å². The van der Waals surface area contributed by atoms with Crippen molar-refractivity contribution in [3.8, 4) is 0 Å². The second-order valence-corrected chi connectivity index (χ2v) is 18.4. The average Bonchev–Trinajstić information content (AvgIpc) is 3.19. The Morgan fingerprint density at radius 3 is 0.912 bits per heavy atom. The molecule has 57 heavy (non-hydrogen) atoms. The first-order valence-corrected chi connectivity index (χ1v) is 25.2. The molecule has 6 heteroatoms. The fourth-order valence-corrected chi connectivity index (χ4v) is 7.52. The summed E-state index contributed by atoms with van der Waals surface area (Å²) in [7, 11) is 0. The van der Waals surface area contributed by atoms with Gasteiger partial charge in [0.25, 0.3) is 0 Å². The molecular weight excluding hydrogens is 709 g/mol. The molecule has 0 saturated heterocycles. The van der Waals surface area contributed by atoms with Gasteiger partial charge in [-0.25, -0.2) is 0 Å². The van der Waals surface area contributed by atoms with E-state index in [1.165, 1.54) is 154 Å². The van der Waals surface area contributed by atoms with Gasteiger partial charge < -0.3 is 14.2 Å². The second kappa shape index (κ2) is 42.5. The van der Waals surface area contributed by atoms with Crippen LogP contribution in [0.2, 0.25) is 0 Å². The molecule has 0 aromatic carbocycles. The third kappa shape index (κ3) is 42.3. The highest BCUT2D eigenvalue weighted by Gasteiger charge is 2.19. The molecule has 0 bridgehead atoms. The van der Waals surface area contributed by atoms with Crippen LogP contribution in [0.25, 0.3) is 0 Å². The Balaban J connectivity index is 4.29. The lowest BCUT2D eigenvalue weighted by Crippen LogP contribution is -2.30. The summed E-state index contributed by atoms with van der Waals surface area (Å²) in [6.07, 6.45) is 40.9. The number of esters is 3. The molecule has 0 aromatic heterocycles. The van der Waals surface area contributed by atoms with E-state index >= 15 is 0 Å². The van der Waals surface area contributed by atoms with Gasteiger partial charge in [0, 0.05) is 19.3 Å². The number of carbonyl (C=O) groups is 3. The molecule has 0 amide bonds. The van der Waals surface area contributed by atoms with Gasteiger partial charge in [-0.3, -0.25) is 14.4 Å². The maximum Gasteiger partial charge on any atom is 0.306 e. The Morgan fingerprint density at radius 2 is 0.614 bits per heavy atom. The lowest BCUT2D eigenvalue weighted by Gasteiger charge is -2.18. The van der Waals surface area contributed by atoms with Crippen LogP contribution in [-0.2, 0) is 28.6 Å². The predicted molar refractivity (Wildman–Crippen MR) is 243 cm³/mol. The Labute approximate surface area is 355 Å². The largest absolute Gasteiger partial charge is 0.462 e. The Kier molecular flexibility index (Phi) is 41.3. The molecule has 0 aliphatic carbocycles. The maximum absolute atomic E-state index is 12.8. The van der Waals surface area contributed by atoms with E-state index < -0.39 is 6.10 Å². The van der Waals surface area contributed by atoms with Crippen LogP contribution in [0.4, 0.5) is 0 Å². The molecule has 0 radical (unpaired) electrons. The van der Waals surface area contributed by atoms with E-state index in [9.17, 15) is 14.4 Å². The summed E-state index contributed by atoms with van der Waals surface area (Å²) in [6.45, 7) is 13.7. The van der Waals surface area contributed by atoms with E-state index in [-0.39, 0.29) is 31.1 Å². The van der Waals surface area contributed by atoms with Crippen LogP contribution in [0.1, 0.15) is 273 Å². The minimum atomic E-state index is -0.763. The summed E-state index contributed by atoms with van der Waals surface area (Å²) >= 11 is 0. The average molecular weight is 807 g/mol. The molecule has 2 unspecified atom stereocenters. The van der Waals surface area contributed by atoms with Crippen LogP contribution >= 0.6 is 0 Å². The van der Waals surface area contributed by atoms with Gasteiger partial charge in [0.1, 0.15) is 13.2 Å². The fourth-order valence-electron chi connectivity index (χ4n) is 7.52. The van der Waals surface area contributed by atoms with Crippen molar-refractivity contribution < 1.29 is 28.6 Å². The van der Waals surface area contributed by atoms with Crippen molar-refractivity contribution >= 4 is 17.9 Å². The molecule has 0 saturated carbocycles. The molecule has 0 N–H and O–H groups in total. The first kappa shape index (κ1) is 55.4. The molecule has 0 fully saturated rings. The number of unbranched alkanes of at least 4 members (excludes halogenated alkanes) is 25. The molecule has 0 heterocycles. The first-order chi connectivity index (χ1) is 27.7. The summed E-state index contributed by atoms with van der Waals surface area (Å²) in [5.41, 5.74) is 0. The molecule has 3 atom stereocenters.